The summed E-state index contributed by atoms with van der Waals surface area (Å²) in [6.45, 7) is -0.956. The summed E-state index contributed by atoms with van der Waals surface area (Å²) in [6.07, 6.45) is 0.720. The number of halogens is 3. The van der Waals surface area contributed by atoms with Crippen molar-refractivity contribution in [3.8, 4) is 0 Å². The van der Waals surface area contributed by atoms with Crippen LogP contribution >= 0.6 is 0 Å². The summed E-state index contributed by atoms with van der Waals surface area (Å²) in [7, 11) is 0. The van der Waals surface area contributed by atoms with Crippen LogP contribution < -0.4 is 11.1 Å². The van der Waals surface area contributed by atoms with E-state index in [4.69, 9.17) is 10.5 Å². The fraction of sp³-hybridized carbons (Fsp3) is 0.533. The first-order valence-corrected chi connectivity index (χ1v) is 7.10. The molecule has 7 heteroatoms. The van der Waals surface area contributed by atoms with Crippen molar-refractivity contribution in [1.82, 2.24) is 5.32 Å². The minimum atomic E-state index is -3.15. The third-order valence-electron chi connectivity index (χ3n) is 3.98. The highest BCUT2D eigenvalue weighted by atomic mass is 19.3. The number of amides is 1. The molecule has 1 heterocycles. The van der Waals surface area contributed by atoms with E-state index >= 15 is 0 Å². The lowest BCUT2D eigenvalue weighted by molar-refractivity contribution is -0.132. The number of hydrogen-bond acceptors (Lipinski definition) is 3. The number of nitrogens with two attached hydrogens (primary N) is 1. The number of benzene rings is 1. The second kappa shape index (κ2) is 6.66. The van der Waals surface area contributed by atoms with Crippen LogP contribution in [0.2, 0.25) is 0 Å². The molecular formula is C15H19F3N2O2. The van der Waals surface area contributed by atoms with Gasteiger partial charge in [0, 0.05) is 13.2 Å². The van der Waals surface area contributed by atoms with Crippen LogP contribution in [-0.2, 0) is 14.9 Å². The van der Waals surface area contributed by atoms with E-state index in [9.17, 15) is 18.0 Å². The van der Waals surface area contributed by atoms with E-state index in [0.29, 0.717) is 31.6 Å². The Hall–Kier alpha value is -1.60. The van der Waals surface area contributed by atoms with Crippen LogP contribution in [0.4, 0.5) is 13.2 Å². The maximum Gasteiger partial charge on any atom is 0.277 e. The van der Waals surface area contributed by atoms with Gasteiger partial charge in [0.25, 0.3) is 5.92 Å². The van der Waals surface area contributed by atoms with Crippen molar-refractivity contribution in [3.63, 3.8) is 0 Å². The molecule has 0 aromatic heterocycles. The van der Waals surface area contributed by atoms with E-state index in [2.05, 4.69) is 5.32 Å². The third kappa shape index (κ3) is 3.59. The number of ether oxygens (including phenoxy) is 1. The number of rotatable bonds is 5. The normalized spacial score (nSPS) is 18.0. The highest BCUT2D eigenvalue weighted by Crippen LogP contribution is 2.35. The van der Waals surface area contributed by atoms with Crippen LogP contribution in [-0.4, -0.2) is 38.1 Å². The van der Waals surface area contributed by atoms with Crippen LogP contribution in [0.5, 0.6) is 0 Å². The molecule has 122 valence electrons. The summed E-state index contributed by atoms with van der Waals surface area (Å²) in [6, 6.07) is 5.55. The van der Waals surface area contributed by atoms with Crippen molar-refractivity contribution >= 4 is 5.91 Å². The maximum atomic E-state index is 13.2. The third-order valence-corrected chi connectivity index (χ3v) is 3.98. The Balaban J connectivity index is 2.21. The average Bonchev–Trinajstić information content (AvgIpc) is 2.54. The molecule has 1 saturated heterocycles. The van der Waals surface area contributed by atoms with E-state index in [1.54, 1.807) is 0 Å². The Morgan fingerprint density at radius 3 is 2.41 bits per heavy atom. The molecule has 0 spiro atoms. The maximum absolute atomic E-state index is 13.2. The summed E-state index contributed by atoms with van der Waals surface area (Å²) < 4.78 is 44.8. The molecule has 0 unspecified atom stereocenters. The highest BCUT2D eigenvalue weighted by Gasteiger charge is 2.42. The number of nitrogens with one attached hydrogen (secondary N) is 1. The van der Waals surface area contributed by atoms with Gasteiger partial charge in [-0.1, -0.05) is 12.1 Å². The minimum absolute atomic E-state index is 0.345. The second-order valence-electron chi connectivity index (χ2n) is 5.44. The summed E-state index contributed by atoms with van der Waals surface area (Å²) >= 11 is 0. The summed E-state index contributed by atoms with van der Waals surface area (Å²) in [5, 5.41) is 2.28. The molecule has 1 aliphatic heterocycles. The molecule has 1 aromatic carbocycles. The van der Waals surface area contributed by atoms with Crippen molar-refractivity contribution in [2.45, 2.75) is 24.2 Å². The number of carbonyl (C=O) groups excluding carboxylic acids is 1. The zero-order valence-electron chi connectivity index (χ0n) is 12.1. The van der Waals surface area contributed by atoms with E-state index in [1.165, 1.54) is 24.3 Å². The summed E-state index contributed by atoms with van der Waals surface area (Å²) in [5.74, 6) is -4.07. The molecule has 0 atom stereocenters. The molecule has 1 aliphatic rings. The molecule has 4 nitrogen and oxygen atoms in total. The SMILES string of the molecule is NCC(F)(F)CNC(=O)C1(c2ccc(F)cc2)CCOCC1. The Kier molecular flexibility index (Phi) is 5.08. The largest absolute Gasteiger partial charge is 0.381 e. The van der Waals surface area contributed by atoms with Gasteiger partial charge in [0.1, 0.15) is 5.82 Å². The van der Waals surface area contributed by atoms with E-state index in [0.717, 1.165) is 0 Å². The van der Waals surface area contributed by atoms with Gasteiger partial charge < -0.3 is 15.8 Å². The Labute approximate surface area is 126 Å². The van der Waals surface area contributed by atoms with Crippen molar-refractivity contribution < 1.29 is 22.7 Å². The first kappa shape index (κ1) is 16.8. The van der Waals surface area contributed by atoms with E-state index < -0.39 is 36.2 Å². The van der Waals surface area contributed by atoms with Crippen LogP contribution in [0.15, 0.2) is 24.3 Å². The van der Waals surface area contributed by atoms with Crippen LogP contribution in [0.1, 0.15) is 18.4 Å². The monoisotopic (exact) mass is 316 g/mol. The van der Waals surface area contributed by atoms with Gasteiger partial charge in [-0.2, -0.15) is 0 Å². The lowest BCUT2D eigenvalue weighted by Gasteiger charge is -2.36. The molecule has 0 radical (unpaired) electrons. The summed E-state index contributed by atoms with van der Waals surface area (Å²) in [5.41, 5.74) is 4.60. The van der Waals surface area contributed by atoms with E-state index in [-0.39, 0.29) is 0 Å². The van der Waals surface area contributed by atoms with Crippen LogP contribution in [0, 0.1) is 5.82 Å². The van der Waals surface area contributed by atoms with Gasteiger partial charge >= 0.3 is 0 Å². The van der Waals surface area contributed by atoms with Crippen LogP contribution in [0.25, 0.3) is 0 Å². The number of hydrogen-bond donors (Lipinski definition) is 2. The second-order valence-corrected chi connectivity index (χ2v) is 5.44. The fourth-order valence-corrected chi connectivity index (χ4v) is 2.59. The smallest absolute Gasteiger partial charge is 0.277 e. The minimum Gasteiger partial charge on any atom is -0.381 e. The van der Waals surface area contributed by atoms with Gasteiger partial charge in [-0.15, -0.1) is 0 Å². The molecule has 0 bridgehead atoms. The highest BCUT2D eigenvalue weighted by molar-refractivity contribution is 5.88. The Bertz CT molecular complexity index is 514. The quantitative estimate of drug-likeness (QED) is 0.867. The predicted octanol–water partition coefficient (Wildman–Crippen LogP) is 1.58. The number of alkyl halides is 2. The van der Waals surface area contributed by atoms with Crippen LogP contribution in [0.3, 0.4) is 0 Å². The van der Waals surface area contributed by atoms with Gasteiger partial charge in [-0.3, -0.25) is 4.79 Å². The lowest BCUT2D eigenvalue weighted by atomic mass is 9.73. The molecule has 1 aromatic rings. The van der Waals surface area contributed by atoms with Gasteiger partial charge in [0.15, 0.2) is 0 Å². The Morgan fingerprint density at radius 1 is 1.27 bits per heavy atom. The van der Waals surface area contributed by atoms with Crippen molar-refractivity contribution in [1.29, 1.82) is 0 Å². The molecule has 2 rings (SSSR count). The first-order chi connectivity index (χ1) is 10.4. The average molecular weight is 316 g/mol. The summed E-state index contributed by atoms with van der Waals surface area (Å²) in [4.78, 5) is 12.5. The predicted molar refractivity (Wildman–Crippen MR) is 75.1 cm³/mol. The zero-order chi connectivity index (χ0) is 16.2. The molecule has 0 aliphatic carbocycles. The van der Waals surface area contributed by atoms with Gasteiger partial charge in [-0.25, -0.2) is 13.2 Å². The topological polar surface area (TPSA) is 64.3 Å². The van der Waals surface area contributed by atoms with Gasteiger partial charge in [0.2, 0.25) is 5.91 Å². The molecule has 3 N–H and O–H groups in total. The number of carbonyl (C=O) groups is 1. The Morgan fingerprint density at radius 2 is 1.86 bits per heavy atom. The van der Waals surface area contributed by atoms with E-state index in [1.807, 2.05) is 0 Å². The van der Waals surface area contributed by atoms with Crippen molar-refractivity contribution in [2.24, 2.45) is 5.73 Å². The zero-order valence-corrected chi connectivity index (χ0v) is 12.1. The molecule has 1 fully saturated rings. The fourth-order valence-electron chi connectivity index (χ4n) is 2.59. The van der Waals surface area contributed by atoms with Gasteiger partial charge in [0.05, 0.1) is 18.5 Å². The van der Waals surface area contributed by atoms with Crippen molar-refractivity contribution in [2.75, 3.05) is 26.3 Å². The van der Waals surface area contributed by atoms with Gasteiger partial charge in [-0.05, 0) is 30.5 Å². The standard InChI is InChI=1S/C15H19F3N2O2/c16-12-3-1-11(2-4-12)14(5-7-22-8-6-14)13(21)20-10-15(17,18)9-19/h1-4H,5-10,19H2,(H,20,21). The molecule has 1 amide bonds. The molecule has 0 saturated carbocycles. The molecular weight excluding hydrogens is 297 g/mol. The van der Waals surface area contributed by atoms with Crippen molar-refractivity contribution in [3.05, 3.63) is 35.6 Å². The first-order valence-electron chi connectivity index (χ1n) is 7.10. The lowest BCUT2D eigenvalue weighted by Crippen LogP contribution is -2.51. The molecule has 22 heavy (non-hydrogen) atoms.